The SMILES string of the molecule is COC(=O)\C=C(C)/C=C/C=C(C)/C=C/C1=C(C)CCCC1C. The average molecular weight is 300 g/mol. The zero-order valence-corrected chi connectivity index (χ0v) is 14.5. The Hall–Kier alpha value is -1.83. The summed E-state index contributed by atoms with van der Waals surface area (Å²) in [7, 11) is 1.38. The molecule has 0 aromatic carbocycles. The van der Waals surface area contributed by atoms with Crippen LogP contribution in [0, 0.1) is 5.92 Å². The largest absolute Gasteiger partial charge is 0.466 e. The predicted octanol–water partition coefficient (Wildman–Crippen LogP) is 5.30. The number of allylic oxidation sites excluding steroid dienone is 9. The molecule has 0 heterocycles. The molecule has 0 aromatic rings. The Morgan fingerprint density at radius 3 is 2.59 bits per heavy atom. The van der Waals surface area contributed by atoms with Crippen molar-refractivity contribution in [3.05, 3.63) is 58.7 Å². The maximum atomic E-state index is 11.1. The van der Waals surface area contributed by atoms with Crippen LogP contribution in [0.3, 0.4) is 0 Å². The van der Waals surface area contributed by atoms with Crippen molar-refractivity contribution < 1.29 is 9.53 Å². The summed E-state index contributed by atoms with van der Waals surface area (Å²) >= 11 is 0. The summed E-state index contributed by atoms with van der Waals surface area (Å²) in [5.41, 5.74) is 5.08. The van der Waals surface area contributed by atoms with Gasteiger partial charge in [-0.05, 0) is 57.1 Å². The first kappa shape index (κ1) is 18.2. The molecule has 0 saturated heterocycles. The van der Waals surface area contributed by atoms with Gasteiger partial charge in [0, 0.05) is 6.08 Å². The molecule has 1 unspecified atom stereocenters. The first-order chi connectivity index (χ1) is 10.4. The lowest BCUT2D eigenvalue weighted by Crippen LogP contribution is -2.06. The van der Waals surface area contributed by atoms with Crippen LogP contribution in [0.5, 0.6) is 0 Å². The molecule has 0 radical (unpaired) electrons. The van der Waals surface area contributed by atoms with Crippen molar-refractivity contribution in [2.45, 2.75) is 47.0 Å². The number of carbonyl (C=O) groups excluding carboxylic acids is 1. The van der Waals surface area contributed by atoms with Gasteiger partial charge >= 0.3 is 5.97 Å². The lowest BCUT2D eigenvalue weighted by molar-refractivity contribution is -0.134. The molecule has 0 N–H and O–H groups in total. The number of hydrogen-bond acceptors (Lipinski definition) is 2. The minimum atomic E-state index is -0.323. The van der Waals surface area contributed by atoms with Crippen molar-refractivity contribution >= 4 is 5.97 Å². The van der Waals surface area contributed by atoms with Crippen LogP contribution in [0.2, 0.25) is 0 Å². The van der Waals surface area contributed by atoms with Gasteiger partial charge in [0.05, 0.1) is 7.11 Å². The zero-order valence-electron chi connectivity index (χ0n) is 14.5. The Bertz CT molecular complexity index is 542. The molecule has 1 rings (SSSR count). The fourth-order valence-corrected chi connectivity index (χ4v) is 2.62. The van der Waals surface area contributed by atoms with Gasteiger partial charge in [0.2, 0.25) is 0 Å². The lowest BCUT2D eigenvalue weighted by Gasteiger charge is -2.22. The summed E-state index contributed by atoms with van der Waals surface area (Å²) in [5.74, 6) is 0.343. The maximum absolute atomic E-state index is 11.1. The van der Waals surface area contributed by atoms with Crippen molar-refractivity contribution in [2.24, 2.45) is 5.92 Å². The van der Waals surface area contributed by atoms with Crippen LogP contribution in [0.25, 0.3) is 0 Å². The number of esters is 1. The average Bonchev–Trinajstić information content (AvgIpc) is 2.46. The molecule has 0 saturated carbocycles. The highest BCUT2D eigenvalue weighted by molar-refractivity contribution is 5.83. The molecule has 2 heteroatoms. The highest BCUT2D eigenvalue weighted by Gasteiger charge is 2.14. The van der Waals surface area contributed by atoms with Gasteiger partial charge in [0.25, 0.3) is 0 Å². The normalized spacial score (nSPS) is 21.0. The third kappa shape index (κ3) is 6.30. The van der Waals surface area contributed by atoms with Crippen LogP contribution < -0.4 is 0 Å². The van der Waals surface area contributed by atoms with E-state index in [1.54, 1.807) is 0 Å². The fourth-order valence-electron chi connectivity index (χ4n) is 2.62. The van der Waals surface area contributed by atoms with Crippen molar-refractivity contribution in [3.8, 4) is 0 Å². The van der Waals surface area contributed by atoms with Gasteiger partial charge in [0.1, 0.15) is 0 Å². The van der Waals surface area contributed by atoms with Crippen LogP contribution in [-0.4, -0.2) is 13.1 Å². The van der Waals surface area contributed by atoms with E-state index in [2.05, 4.69) is 43.7 Å². The highest BCUT2D eigenvalue weighted by atomic mass is 16.5. The molecular formula is C20H28O2. The smallest absolute Gasteiger partial charge is 0.330 e. The van der Waals surface area contributed by atoms with E-state index in [4.69, 9.17) is 0 Å². The molecule has 1 aliphatic carbocycles. The van der Waals surface area contributed by atoms with Gasteiger partial charge < -0.3 is 4.74 Å². The summed E-state index contributed by atoms with van der Waals surface area (Å²) in [6.07, 6.45) is 15.7. The van der Waals surface area contributed by atoms with Gasteiger partial charge in [-0.25, -0.2) is 4.79 Å². The topological polar surface area (TPSA) is 26.3 Å². The number of rotatable bonds is 5. The third-order valence-corrected chi connectivity index (χ3v) is 4.00. The Labute approximate surface area is 134 Å². The van der Waals surface area contributed by atoms with E-state index < -0.39 is 0 Å². The molecule has 0 amide bonds. The quantitative estimate of drug-likeness (QED) is 0.391. The van der Waals surface area contributed by atoms with Crippen LogP contribution in [-0.2, 0) is 9.53 Å². The van der Waals surface area contributed by atoms with Gasteiger partial charge in [-0.3, -0.25) is 0 Å². The monoisotopic (exact) mass is 300 g/mol. The van der Waals surface area contributed by atoms with Gasteiger partial charge in [-0.15, -0.1) is 0 Å². The van der Waals surface area contributed by atoms with E-state index in [0.29, 0.717) is 5.92 Å². The summed E-state index contributed by atoms with van der Waals surface area (Å²) in [6, 6.07) is 0. The van der Waals surface area contributed by atoms with Crippen LogP contribution in [0.1, 0.15) is 47.0 Å². The number of methoxy groups -OCH3 is 1. The molecule has 1 aliphatic rings. The number of carbonyl (C=O) groups is 1. The first-order valence-electron chi connectivity index (χ1n) is 7.93. The summed E-state index contributed by atoms with van der Waals surface area (Å²) in [6.45, 7) is 8.52. The Morgan fingerprint density at radius 2 is 1.95 bits per heavy atom. The predicted molar refractivity (Wildman–Crippen MR) is 93.5 cm³/mol. The molecule has 0 bridgehead atoms. The minimum absolute atomic E-state index is 0.323. The molecule has 0 aromatic heterocycles. The molecular weight excluding hydrogens is 272 g/mol. The Morgan fingerprint density at radius 1 is 1.23 bits per heavy atom. The second-order valence-corrected chi connectivity index (χ2v) is 6.04. The maximum Gasteiger partial charge on any atom is 0.330 e. The molecule has 0 fully saturated rings. The first-order valence-corrected chi connectivity index (χ1v) is 7.93. The second kappa shape index (κ2) is 9.24. The molecule has 1 atom stereocenters. The summed E-state index contributed by atoms with van der Waals surface area (Å²) < 4.78 is 4.59. The summed E-state index contributed by atoms with van der Waals surface area (Å²) in [5, 5.41) is 0. The molecule has 120 valence electrons. The molecule has 0 aliphatic heterocycles. The van der Waals surface area contributed by atoms with E-state index in [9.17, 15) is 4.79 Å². The van der Waals surface area contributed by atoms with Gasteiger partial charge in [-0.1, -0.05) is 48.5 Å². The minimum Gasteiger partial charge on any atom is -0.466 e. The van der Waals surface area contributed by atoms with Crippen molar-refractivity contribution in [3.63, 3.8) is 0 Å². The van der Waals surface area contributed by atoms with E-state index >= 15 is 0 Å². The van der Waals surface area contributed by atoms with Crippen molar-refractivity contribution in [2.75, 3.05) is 7.11 Å². The standard InChI is InChI=1S/C20H28O2/c1-15(8-6-9-16(2)14-20(21)22-5)12-13-19-17(3)10-7-11-18(19)4/h6,8-9,12-14,17H,7,10-11H2,1-5H3/b9-6+,13-12+,15-8+,16-14-. The lowest BCUT2D eigenvalue weighted by atomic mass is 9.84. The summed E-state index contributed by atoms with van der Waals surface area (Å²) in [4.78, 5) is 11.1. The van der Waals surface area contributed by atoms with E-state index in [1.165, 1.54) is 49.2 Å². The molecule has 22 heavy (non-hydrogen) atoms. The van der Waals surface area contributed by atoms with E-state index in [0.717, 1.165) is 5.57 Å². The van der Waals surface area contributed by atoms with E-state index in [1.807, 2.05) is 19.1 Å². The third-order valence-electron chi connectivity index (χ3n) is 4.00. The Balaban J connectivity index is 2.68. The van der Waals surface area contributed by atoms with Gasteiger partial charge in [-0.2, -0.15) is 0 Å². The fraction of sp³-hybridized carbons (Fsp3) is 0.450. The number of ether oxygens (including phenoxy) is 1. The van der Waals surface area contributed by atoms with Gasteiger partial charge in [0.15, 0.2) is 0 Å². The molecule has 0 spiro atoms. The van der Waals surface area contributed by atoms with Crippen LogP contribution >= 0.6 is 0 Å². The van der Waals surface area contributed by atoms with Crippen molar-refractivity contribution in [1.82, 2.24) is 0 Å². The highest BCUT2D eigenvalue weighted by Crippen LogP contribution is 2.30. The second-order valence-electron chi connectivity index (χ2n) is 6.04. The van der Waals surface area contributed by atoms with Crippen molar-refractivity contribution in [1.29, 1.82) is 0 Å². The molecule has 2 nitrogen and oxygen atoms in total. The van der Waals surface area contributed by atoms with Crippen LogP contribution in [0.4, 0.5) is 0 Å². The Kier molecular flexibility index (Phi) is 7.65. The number of hydrogen-bond donors (Lipinski definition) is 0. The van der Waals surface area contributed by atoms with E-state index in [-0.39, 0.29) is 5.97 Å². The van der Waals surface area contributed by atoms with Crippen LogP contribution in [0.15, 0.2) is 58.7 Å². The zero-order chi connectivity index (χ0) is 16.5.